The Hall–Kier alpha value is -1.78. The van der Waals surface area contributed by atoms with Crippen LogP contribution in [0.25, 0.3) is 10.6 Å². The number of aryl methyl sites for hydroxylation is 1. The van der Waals surface area contributed by atoms with Gasteiger partial charge >= 0.3 is 0 Å². The van der Waals surface area contributed by atoms with E-state index in [1.807, 2.05) is 30.0 Å². The maximum Gasteiger partial charge on any atom is 0.129 e. The maximum atomic E-state index is 5.42. The number of aromatic nitrogens is 1. The second kappa shape index (κ2) is 7.66. The van der Waals surface area contributed by atoms with E-state index in [9.17, 15) is 0 Å². The van der Waals surface area contributed by atoms with Gasteiger partial charge in [0.05, 0.1) is 18.4 Å². The highest BCUT2D eigenvalue weighted by Crippen LogP contribution is 2.32. The van der Waals surface area contributed by atoms with Crippen molar-refractivity contribution in [1.82, 2.24) is 4.98 Å². The largest absolute Gasteiger partial charge is 0.496 e. The van der Waals surface area contributed by atoms with E-state index in [4.69, 9.17) is 9.72 Å². The molecule has 2 nitrogen and oxygen atoms in total. The molecule has 0 N–H and O–H groups in total. The van der Waals surface area contributed by atoms with Crippen molar-refractivity contribution in [2.75, 3.05) is 7.11 Å². The van der Waals surface area contributed by atoms with Gasteiger partial charge in [-0.2, -0.15) is 11.8 Å². The lowest BCUT2D eigenvalue weighted by atomic mass is 10.1. The number of methoxy groups -OCH3 is 1. The summed E-state index contributed by atoms with van der Waals surface area (Å²) in [5.74, 6) is 2.83. The van der Waals surface area contributed by atoms with Crippen LogP contribution in [0.15, 0.2) is 53.9 Å². The molecule has 23 heavy (non-hydrogen) atoms. The third-order valence-electron chi connectivity index (χ3n) is 3.66. The predicted octanol–water partition coefficient (Wildman–Crippen LogP) is 5.56. The number of ether oxygens (including phenoxy) is 1. The van der Waals surface area contributed by atoms with Crippen LogP contribution in [0.5, 0.6) is 5.75 Å². The van der Waals surface area contributed by atoms with Crippen LogP contribution >= 0.6 is 23.1 Å². The second-order valence-corrected chi connectivity index (χ2v) is 7.11. The van der Waals surface area contributed by atoms with Gasteiger partial charge in [-0.1, -0.05) is 36.4 Å². The predicted molar refractivity (Wildman–Crippen MR) is 100 cm³/mol. The van der Waals surface area contributed by atoms with Crippen LogP contribution in [0, 0.1) is 6.92 Å². The van der Waals surface area contributed by atoms with E-state index in [1.54, 1.807) is 18.4 Å². The van der Waals surface area contributed by atoms with Gasteiger partial charge in [-0.3, -0.25) is 0 Å². The number of hydrogen-bond acceptors (Lipinski definition) is 4. The average Bonchev–Trinajstić information content (AvgIpc) is 3.05. The Balaban J connectivity index is 1.65. The average molecular weight is 342 g/mol. The summed E-state index contributed by atoms with van der Waals surface area (Å²) in [6.07, 6.45) is 0. The number of rotatable bonds is 6. The number of thiazole rings is 1. The molecule has 0 amide bonds. The molecule has 0 atom stereocenters. The fourth-order valence-electron chi connectivity index (χ4n) is 2.36. The molecule has 0 spiro atoms. The lowest BCUT2D eigenvalue weighted by Crippen LogP contribution is -1.89. The fourth-order valence-corrected chi connectivity index (χ4v) is 4.31. The van der Waals surface area contributed by atoms with Gasteiger partial charge in [-0.05, 0) is 30.2 Å². The summed E-state index contributed by atoms with van der Waals surface area (Å²) in [5.41, 5.74) is 4.95. The first-order chi connectivity index (χ1) is 11.3. The van der Waals surface area contributed by atoms with Gasteiger partial charge in [-0.15, -0.1) is 11.3 Å². The molecule has 0 aliphatic rings. The van der Waals surface area contributed by atoms with Crippen LogP contribution < -0.4 is 4.74 Å². The first kappa shape index (κ1) is 16.1. The quantitative estimate of drug-likeness (QED) is 0.586. The lowest BCUT2D eigenvalue weighted by Gasteiger charge is -2.05. The third-order valence-corrected chi connectivity index (χ3v) is 5.60. The van der Waals surface area contributed by atoms with E-state index in [0.29, 0.717) is 0 Å². The zero-order chi connectivity index (χ0) is 16.1. The highest BCUT2D eigenvalue weighted by Gasteiger charge is 2.09. The first-order valence-corrected chi connectivity index (χ1v) is 9.51. The fraction of sp³-hybridized carbons (Fsp3) is 0.211. The van der Waals surface area contributed by atoms with Gasteiger partial charge in [0.2, 0.25) is 0 Å². The van der Waals surface area contributed by atoms with Crippen LogP contribution in [0.1, 0.15) is 16.8 Å². The van der Waals surface area contributed by atoms with E-state index in [2.05, 4.69) is 42.6 Å². The molecule has 0 radical (unpaired) electrons. The van der Waals surface area contributed by atoms with Crippen molar-refractivity contribution in [1.29, 1.82) is 0 Å². The topological polar surface area (TPSA) is 22.1 Å². The molecule has 3 rings (SSSR count). The summed E-state index contributed by atoms with van der Waals surface area (Å²) in [6, 6.07) is 16.6. The van der Waals surface area contributed by atoms with E-state index in [-0.39, 0.29) is 0 Å². The SMILES string of the molecule is COc1ccccc1-c1nc(CSCc2ccccc2C)cs1. The number of nitrogens with zero attached hydrogens (tertiary/aromatic N) is 1. The van der Waals surface area contributed by atoms with Gasteiger partial charge < -0.3 is 4.74 Å². The Morgan fingerprint density at radius 2 is 1.83 bits per heavy atom. The molecule has 118 valence electrons. The highest BCUT2D eigenvalue weighted by atomic mass is 32.2. The summed E-state index contributed by atoms with van der Waals surface area (Å²) >= 11 is 3.58. The molecule has 3 aromatic rings. The molecular weight excluding hydrogens is 322 g/mol. The molecule has 0 aliphatic carbocycles. The zero-order valence-electron chi connectivity index (χ0n) is 13.3. The minimum absolute atomic E-state index is 0.876. The molecule has 0 unspecified atom stereocenters. The van der Waals surface area contributed by atoms with Gasteiger partial charge in [0.1, 0.15) is 10.8 Å². The van der Waals surface area contributed by atoms with Crippen molar-refractivity contribution in [2.45, 2.75) is 18.4 Å². The Morgan fingerprint density at radius 3 is 2.65 bits per heavy atom. The Kier molecular flexibility index (Phi) is 5.36. The van der Waals surface area contributed by atoms with Crippen molar-refractivity contribution in [3.8, 4) is 16.3 Å². The first-order valence-electron chi connectivity index (χ1n) is 7.48. The minimum atomic E-state index is 0.876. The van der Waals surface area contributed by atoms with E-state index in [1.165, 1.54) is 11.1 Å². The molecule has 0 saturated carbocycles. The maximum absolute atomic E-state index is 5.42. The number of hydrogen-bond donors (Lipinski definition) is 0. The van der Waals surface area contributed by atoms with E-state index in [0.717, 1.165) is 33.5 Å². The van der Waals surface area contributed by atoms with Crippen molar-refractivity contribution in [2.24, 2.45) is 0 Å². The summed E-state index contributed by atoms with van der Waals surface area (Å²) in [5, 5.41) is 3.17. The van der Waals surface area contributed by atoms with Crippen molar-refractivity contribution in [3.63, 3.8) is 0 Å². The molecule has 0 saturated heterocycles. The number of thioether (sulfide) groups is 1. The molecule has 0 fully saturated rings. The number of benzene rings is 2. The van der Waals surface area contributed by atoms with E-state index >= 15 is 0 Å². The normalized spacial score (nSPS) is 10.7. The molecule has 0 aliphatic heterocycles. The summed E-state index contributed by atoms with van der Waals surface area (Å²) < 4.78 is 5.42. The number of para-hydroxylation sites is 1. The molecule has 2 aromatic carbocycles. The monoisotopic (exact) mass is 341 g/mol. The van der Waals surface area contributed by atoms with Crippen LogP contribution in [0.2, 0.25) is 0 Å². The Morgan fingerprint density at radius 1 is 1.04 bits per heavy atom. The smallest absolute Gasteiger partial charge is 0.129 e. The zero-order valence-corrected chi connectivity index (χ0v) is 14.9. The Bertz CT molecular complexity index is 782. The Labute approximate surface area is 145 Å². The second-order valence-electron chi connectivity index (χ2n) is 5.26. The van der Waals surface area contributed by atoms with Crippen LogP contribution in [0.3, 0.4) is 0 Å². The summed E-state index contributed by atoms with van der Waals surface area (Å²) in [6.45, 7) is 2.17. The van der Waals surface area contributed by atoms with Crippen LogP contribution in [-0.4, -0.2) is 12.1 Å². The standard InChI is InChI=1S/C19H19NOS2/c1-14-7-3-4-8-15(14)11-22-12-16-13-23-19(20-16)17-9-5-6-10-18(17)21-2/h3-10,13H,11-12H2,1-2H3. The van der Waals surface area contributed by atoms with Gasteiger partial charge in [0.25, 0.3) is 0 Å². The van der Waals surface area contributed by atoms with Gasteiger partial charge in [0, 0.05) is 16.9 Å². The molecule has 0 bridgehead atoms. The van der Waals surface area contributed by atoms with Crippen LogP contribution in [0.4, 0.5) is 0 Å². The molecule has 1 heterocycles. The van der Waals surface area contributed by atoms with Crippen LogP contribution in [-0.2, 0) is 11.5 Å². The van der Waals surface area contributed by atoms with Gasteiger partial charge in [0.15, 0.2) is 0 Å². The lowest BCUT2D eigenvalue weighted by molar-refractivity contribution is 0.416. The van der Waals surface area contributed by atoms with Gasteiger partial charge in [-0.25, -0.2) is 4.98 Å². The molecule has 1 aromatic heterocycles. The van der Waals surface area contributed by atoms with Crippen molar-refractivity contribution in [3.05, 3.63) is 70.7 Å². The third kappa shape index (κ3) is 3.95. The summed E-state index contributed by atoms with van der Waals surface area (Å²) in [7, 11) is 1.70. The highest BCUT2D eigenvalue weighted by molar-refractivity contribution is 7.97. The molecular formula is C19H19NOS2. The summed E-state index contributed by atoms with van der Waals surface area (Å²) in [4.78, 5) is 4.76. The van der Waals surface area contributed by atoms with E-state index < -0.39 is 0 Å². The van der Waals surface area contributed by atoms with Crippen molar-refractivity contribution >= 4 is 23.1 Å². The van der Waals surface area contributed by atoms with Crippen molar-refractivity contribution < 1.29 is 4.74 Å². The minimum Gasteiger partial charge on any atom is -0.496 e. The molecule has 4 heteroatoms.